The number of rotatable bonds is 5. The maximum atomic E-state index is 12.3. The van der Waals surface area contributed by atoms with Crippen LogP contribution in [0.1, 0.15) is 17.3 Å². The number of carbonyl (C=O) groups is 1. The van der Waals surface area contributed by atoms with Crippen LogP contribution in [0.5, 0.6) is 5.75 Å². The number of carbonyl (C=O) groups excluding carboxylic acids is 1. The van der Waals surface area contributed by atoms with Crippen molar-refractivity contribution in [2.75, 3.05) is 18.2 Å². The van der Waals surface area contributed by atoms with Crippen LogP contribution in [0.3, 0.4) is 0 Å². The highest BCUT2D eigenvalue weighted by molar-refractivity contribution is 8.01. The fraction of sp³-hybridized carbons (Fsp3) is 0.250. The van der Waals surface area contributed by atoms with Crippen LogP contribution in [0.4, 0.5) is 5.13 Å². The Morgan fingerprint density at radius 1 is 1.38 bits per heavy atom. The number of amides is 1. The van der Waals surface area contributed by atoms with Crippen molar-refractivity contribution in [3.8, 4) is 5.75 Å². The van der Waals surface area contributed by atoms with Gasteiger partial charge in [0.25, 0.3) is 5.91 Å². The number of hydrogen-bond acceptors (Lipinski definition) is 6. The van der Waals surface area contributed by atoms with E-state index in [4.69, 9.17) is 27.9 Å². The Labute approximate surface area is 140 Å². The largest absolute Gasteiger partial charge is 0.494 e. The Bertz CT molecular complexity index is 664. The molecule has 0 aliphatic rings. The van der Waals surface area contributed by atoms with Gasteiger partial charge in [0.15, 0.2) is 10.1 Å². The van der Waals surface area contributed by atoms with Crippen molar-refractivity contribution in [1.82, 2.24) is 10.2 Å². The van der Waals surface area contributed by atoms with E-state index in [2.05, 4.69) is 15.5 Å². The molecule has 1 aromatic carbocycles. The van der Waals surface area contributed by atoms with Gasteiger partial charge in [-0.2, -0.15) is 0 Å². The lowest BCUT2D eigenvalue weighted by Crippen LogP contribution is -2.14. The van der Waals surface area contributed by atoms with E-state index >= 15 is 0 Å². The molecule has 0 bridgehead atoms. The molecule has 0 aliphatic carbocycles. The molecule has 0 atom stereocenters. The van der Waals surface area contributed by atoms with Gasteiger partial charge in [-0.15, -0.1) is 10.2 Å². The molecule has 0 spiro atoms. The second-order valence-electron chi connectivity index (χ2n) is 3.70. The number of halogens is 2. The van der Waals surface area contributed by atoms with Gasteiger partial charge < -0.3 is 4.74 Å². The monoisotopic (exact) mass is 363 g/mol. The minimum atomic E-state index is -0.441. The van der Waals surface area contributed by atoms with E-state index in [-0.39, 0.29) is 16.3 Å². The normalized spacial score (nSPS) is 10.5. The molecule has 1 heterocycles. The molecule has 0 unspecified atom stereocenters. The summed E-state index contributed by atoms with van der Waals surface area (Å²) in [5.41, 5.74) is 0.173. The van der Waals surface area contributed by atoms with Gasteiger partial charge in [0.1, 0.15) is 5.56 Å². The van der Waals surface area contributed by atoms with Crippen molar-refractivity contribution < 1.29 is 9.53 Å². The lowest BCUT2D eigenvalue weighted by atomic mass is 10.2. The predicted molar refractivity (Wildman–Crippen MR) is 87.3 cm³/mol. The number of anilines is 1. The summed E-state index contributed by atoms with van der Waals surface area (Å²) in [4.78, 5) is 12.3. The van der Waals surface area contributed by atoms with E-state index in [9.17, 15) is 4.79 Å². The summed E-state index contributed by atoms with van der Waals surface area (Å²) in [6.07, 6.45) is 0. The molecule has 0 fully saturated rings. The van der Waals surface area contributed by atoms with Crippen LogP contribution in [0.15, 0.2) is 16.5 Å². The number of nitrogens with one attached hydrogen (secondary N) is 1. The zero-order chi connectivity index (χ0) is 15.4. The zero-order valence-electron chi connectivity index (χ0n) is 11.1. The van der Waals surface area contributed by atoms with Crippen LogP contribution >= 0.6 is 46.3 Å². The number of thioether (sulfide) groups is 1. The van der Waals surface area contributed by atoms with Crippen molar-refractivity contribution in [2.24, 2.45) is 0 Å². The molecular weight excluding hydrogens is 353 g/mol. The highest BCUT2D eigenvalue weighted by atomic mass is 35.5. The summed E-state index contributed by atoms with van der Waals surface area (Å²) >= 11 is 14.9. The lowest BCUT2D eigenvalue weighted by molar-refractivity contribution is 0.102. The molecule has 1 aromatic heterocycles. The molecule has 2 rings (SSSR count). The first-order valence-corrected chi connectivity index (χ1v) is 8.42. The first-order valence-electron chi connectivity index (χ1n) is 5.86. The first-order chi connectivity index (χ1) is 10.1. The predicted octanol–water partition coefficient (Wildman–Crippen LogP) is 4.22. The van der Waals surface area contributed by atoms with E-state index < -0.39 is 5.91 Å². The second-order valence-corrected chi connectivity index (χ2v) is 7.00. The third-order valence-electron chi connectivity index (χ3n) is 2.38. The first kappa shape index (κ1) is 16.4. The minimum absolute atomic E-state index is 0.173. The van der Waals surface area contributed by atoms with E-state index in [0.29, 0.717) is 10.2 Å². The molecule has 0 saturated carbocycles. The highest BCUT2D eigenvalue weighted by Gasteiger charge is 2.20. The quantitative estimate of drug-likeness (QED) is 0.636. The van der Waals surface area contributed by atoms with Crippen LogP contribution < -0.4 is 10.1 Å². The topological polar surface area (TPSA) is 64.1 Å². The van der Waals surface area contributed by atoms with Crippen molar-refractivity contribution in [1.29, 1.82) is 0 Å². The number of aromatic nitrogens is 2. The summed E-state index contributed by atoms with van der Waals surface area (Å²) in [7, 11) is 1.43. The average molecular weight is 364 g/mol. The average Bonchev–Trinajstić information content (AvgIpc) is 2.88. The Morgan fingerprint density at radius 2 is 2.10 bits per heavy atom. The molecule has 9 heteroatoms. The van der Waals surface area contributed by atoms with Crippen molar-refractivity contribution >= 4 is 57.3 Å². The molecule has 21 heavy (non-hydrogen) atoms. The molecule has 0 radical (unpaired) electrons. The van der Waals surface area contributed by atoms with Gasteiger partial charge in [-0.3, -0.25) is 10.1 Å². The third-order valence-corrected chi connectivity index (χ3v) is 4.85. The molecule has 0 aliphatic heterocycles. The number of hydrogen-bond donors (Lipinski definition) is 1. The summed E-state index contributed by atoms with van der Waals surface area (Å²) < 4.78 is 5.93. The number of nitrogens with zero attached hydrogens (tertiary/aromatic N) is 2. The Morgan fingerprint density at radius 3 is 2.76 bits per heavy atom. The summed E-state index contributed by atoms with van der Waals surface area (Å²) in [6, 6.07) is 3.11. The molecule has 1 N–H and O–H groups in total. The second kappa shape index (κ2) is 7.31. The minimum Gasteiger partial charge on any atom is -0.494 e. The van der Waals surface area contributed by atoms with Gasteiger partial charge in [-0.25, -0.2) is 0 Å². The Hall–Kier alpha value is -1.02. The van der Waals surface area contributed by atoms with E-state index in [1.165, 1.54) is 18.4 Å². The zero-order valence-corrected chi connectivity index (χ0v) is 14.3. The van der Waals surface area contributed by atoms with Crippen LogP contribution in [0, 0.1) is 0 Å². The molecular formula is C12H11Cl2N3O2S2. The fourth-order valence-corrected chi connectivity index (χ4v) is 3.66. The maximum Gasteiger partial charge on any atom is 0.262 e. The SMILES string of the molecule is CCSc1nnc(NC(=O)c2c(Cl)ccc(Cl)c2OC)s1. The summed E-state index contributed by atoms with van der Waals surface area (Å²) in [5, 5.41) is 11.5. The van der Waals surface area contributed by atoms with Gasteiger partial charge in [0.2, 0.25) is 5.13 Å². The van der Waals surface area contributed by atoms with Crippen LogP contribution in [0.2, 0.25) is 10.0 Å². The standard InChI is InChI=1S/C12H11Cl2N3O2S2/c1-3-20-12-17-16-11(21-12)15-10(18)8-6(13)4-5-7(14)9(8)19-2/h4-5H,3H2,1-2H3,(H,15,16,18). The Kier molecular flexibility index (Phi) is 5.69. The third kappa shape index (κ3) is 3.79. The maximum absolute atomic E-state index is 12.3. The van der Waals surface area contributed by atoms with Gasteiger partial charge in [-0.1, -0.05) is 53.2 Å². The molecule has 1 amide bonds. The fourth-order valence-electron chi connectivity index (χ4n) is 1.55. The van der Waals surface area contributed by atoms with Gasteiger partial charge in [-0.05, 0) is 17.9 Å². The number of benzene rings is 1. The van der Waals surface area contributed by atoms with Crippen molar-refractivity contribution in [3.63, 3.8) is 0 Å². The summed E-state index contributed by atoms with van der Waals surface area (Å²) in [5.74, 6) is 0.675. The smallest absolute Gasteiger partial charge is 0.262 e. The van der Waals surface area contributed by atoms with E-state index in [0.717, 1.165) is 10.1 Å². The van der Waals surface area contributed by atoms with Gasteiger partial charge in [0, 0.05) is 0 Å². The van der Waals surface area contributed by atoms with E-state index in [1.807, 2.05) is 6.92 Å². The molecule has 2 aromatic rings. The number of methoxy groups -OCH3 is 1. The molecule has 112 valence electrons. The van der Waals surface area contributed by atoms with Crippen molar-refractivity contribution in [3.05, 3.63) is 27.7 Å². The number of ether oxygens (including phenoxy) is 1. The van der Waals surface area contributed by atoms with E-state index in [1.54, 1.807) is 23.9 Å². The van der Waals surface area contributed by atoms with Crippen LogP contribution in [-0.4, -0.2) is 29.0 Å². The molecule has 5 nitrogen and oxygen atoms in total. The van der Waals surface area contributed by atoms with Gasteiger partial charge >= 0.3 is 0 Å². The summed E-state index contributed by atoms with van der Waals surface area (Å²) in [6.45, 7) is 2.01. The van der Waals surface area contributed by atoms with Crippen LogP contribution in [0.25, 0.3) is 0 Å². The highest BCUT2D eigenvalue weighted by Crippen LogP contribution is 2.34. The van der Waals surface area contributed by atoms with Crippen molar-refractivity contribution in [2.45, 2.75) is 11.3 Å². The van der Waals surface area contributed by atoms with Gasteiger partial charge in [0.05, 0.1) is 17.2 Å². The molecule has 0 saturated heterocycles. The lowest BCUT2D eigenvalue weighted by Gasteiger charge is -2.10. The van der Waals surface area contributed by atoms with Crippen LogP contribution in [-0.2, 0) is 0 Å². The Balaban J connectivity index is 2.25.